The Hall–Kier alpha value is -1.23. The summed E-state index contributed by atoms with van der Waals surface area (Å²) in [5.41, 5.74) is 2.30. The molecular formula is C7H8N2O2S. The molecule has 0 radical (unpaired) electrons. The Morgan fingerprint density at radius 2 is 2.67 bits per heavy atom. The monoisotopic (exact) mass is 184 g/mol. The third-order valence-corrected chi connectivity index (χ3v) is 1.54. The van der Waals surface area contributed by atoms with Crippen LogP contribution >= 0.6 is 11.8 Å². The summed E-state index contributed by atoms with van der Waals surface area (Å²) in [7, 11) is 0. The van der Waals surface area contributed by atoms with E-state index in [1.807, 2.05) is 0 Å². The first-order valence-electron chi connectivity index (χ1n) is 3.23. The zero-order valence-electron chi connectivity index (χ0n) is 6.48. The lowest BCUT2D eigenvalue weighted by molar-refractivity contribution is 0.261. The minimum absolute atomic E-state index is 0.196. The highest BCUT2D eigenvalue weighted by Gasteiger charge is 1.92. The molecule has 0 saturated carbocycles. The van der Waals surface area contributed by atoms with Crippen LogP contribution in [-0.4, -0.2) is 17.7 Å². The minimum Gasteiger partial charge on any atom is -0.463 e. The number of nitrogens with one attached hydrogen (secondary N) is 1. The SMILES string of the molecule is CSC(=O)NN=Cc1ccco1. The molecule has 0 aliphatic heterocycles. The summed E-state index contributed by atoms with van der Waals surface area (Å²) >= 11 is 1.07. The van der Waals surface area contributed by atoms with Crippen molar-refractivity contribution in [2.24, 2.45) is 5.10 Å². The predicted molar refractivity (Wildman–Crippen MR) is 48.3 cm³/mol. The van der Waals surface area contributed by atoms with Crippen molar-refractivity contribution >= 4 is 23.2 Å². The van der Waals surface area contributed by atoms with E-state index in [9.17, 15) is 4.79 Å². The molecule has 0 unspecified atom stereocenters. The standard InChI is InChI=1S/C7H8N2O2S/c1-12-7(10)9-8-5-6-3-2-4-11-6/h2-5H,1H3,(H,9,10). The van der Waals surface area contributed by atoms with Crippen molar-refractivity contribution in [2.45, 2.75) is 0 Å². The Labute approximate surface area is 74.0 Å². The van der Waals surface area contributed by atoms with Crippen molar-refractivity contribution in [3.05, 3.63) is 24.2 Å². The number of rotatable bonds is 2. The molecule has 1 aromatic rings. The molecule has 0 fully saturated rings. The van der Waals surface area contributed by atoms with Gasteiger partial charge in [0.05, 0.1) is 12.5 Å². The normalized spacial score (nSPS) is 10.4. The Morgan fingerprint density at radius 3 is 3.25 bits per heavy atom. The van der Waals surface area contributed by atoms with Crippen molar-refractivity contribution in [3.8, 4) is 0 Å². The van der Waals surface area contributed by atoms with Crippen LogP contribution in [0.5, 0.6) is 0 Å². The second-order valence-corrected chi connectivity index (χ2v) is 2.66. The number of nitrogens with zero attached hydrogens (tertiary/aromatic N) is 1. The fourth-order valence-electron chi connectivity index (χ4n) is 0.559. The summed E-state index contributed by atoms with van der Waals surface area (Å²) in [6, 6.07) is 3.49. The van der Waals surface area contributed by atoms with E-state index in [-0.39, 0.29) is 5.24 Å². The average molecular weight is 184 g/mol. The first-order valence-corrected chi connectivity index (χ1v) is 4.46. The molecule has 0 saturated heterocycles. The number of carbonyl (C=O) groups is 1. The van der Waals surface area contributed by atoms with Gasteiger partial charge in [0.25, 0.3) is 5.24 Å². The van der Waals surface area contributed by atoms with Crippen molar-refractivity contribution in [1.29, 1.82) is 0 Å². The summed E-state index contributed by atoms with van der Waals surface area (Å²) in [5.74, 6) is 0.608. The van der Waals surface area contributed by atoms with E-state index in [1.165, 1.54) is 12.5 Å². The number of furan rings is 1. The van der Waals surface area contributed by atoms with E-state index in [0.29, 0.717) is 5.76 Å². The summed E-state index contributed by atoms with van der Waals surface area (Å²) in [4.78, 5) is 10.6. The van der Waals surface area contributed by atoms with Gasteiger partial charge in [0, 0.05) is 0 Å². The molecule has 0 atom stereocenters. The van der Waals surface area contributed by atoms with Crippen LogP contribution < -0.4 is 5.43 Å². The maximum Gasteiger partial charge on any atom is 0.298 e. The van der Waals surface area contributed by atoms with Gasteiger partial charge in [0.1, 0.15) is 5.76 Å². The van der Waals surface area contributed by atoms with Gasteiger partial charge in [-0.05, 0) is 18.4 Å². The largest absolute Gasteiger partial charge is 0.463 e. The first kappa shape index (κ1) is 8.86. The van der Waals surface area contributed by atoms with E-state index >= 15 is 0 Å². The van der Waals surface area contributed by atoms with Gasteiger partial charge in [0.15, 0.2) is 0 Å². The molecule has 5 heteroatoms. The quantitative estimate of drug-likeness (QED) is 0.562. The smallest absolute Gasteiger partial charge is 0.298 e. The number of hydrogen-bond acceptors (Lipinski definition) is 4. The van der Waals surface area contributed by atoms with Crippen LogP contribution in [-0.2, 0) is 0 Å². The molecule has 0 bridgehead atoms. The number of hydrogen-bond donors (Lipinski definition) is 1. The highest BCUT2D eigenvalue weighted by Crippen LogP contribution is 1.95. The lowest BCUT2D eigenvalue weighted by Crippen LogP contribution is -2.10. The molecule has 0 spiro atoms. The average Bonchev–Trinajstić information content (AvgIpc) is 2.57. The van der Waals surface area contributed by atoms with Crippen molar-refractivity contribution < 1.29 is 9.21 Å². The Bertz CT molecular complexity index is 269. The molecule has 1 heterocycles. The van der Waals surface area contributed by atoms with Crippen LogP contribution in [0.3, 0.4) is 0 Å². The molecule has 0 aromatic carbocycles. The first-order chi connectivity index (χ1) is 5.83. The van der Waals surface area contributed by atoms with Crippen LogP contribution in [0.15, 0.2) is 27.9 Å². The fraction of sp³-hybridized carbons (Fsp3) is 0.143. The second kappa shape index (κ2) is 4.61. The Kier molecular flexibility index (Phi) is 3.40. The van der Waals surface area contributed by atoms with Gasteiger partial charge in [-0.3, -0.25) is 4.79 Å². The van der Waals surface area contributed by atoms with Crippen LogP contribution in [0.25, 0.3) is 0 Å². The molecule has 1 N–H and O–H groups in total. The number of hydrazone groups is 1. The lowest BCUT2D eigenvalue weighted by atomic mass is 10.5. The van der Waals surface area contributed by atoms with Crippen molar-refractivity contribution in [2.75, 3.05) is 6.26 Å². The molecule has 4 nitrogen and oxygen atoms in total. The van der Waals surface area contributed by atoms with Gasteiger partial charge in [-0.25, -0.2) is 5.43 Å². The van der Waals surface area contributed by atoms with Crippen molar-refractivity contribution in [3.63, 3.8) is 0 Å². The van der Waals surface area contributed by atoms with Gasteiger partial charge in [-0.2, -0.15) is 5.10 Å². The molecule has 1 amide bonds. The molecule has 1 aromatic heterocycles. The lowest BCUT2D eigenvalue weighted by Gasteiger charge is -1.91. The highest BCUT2D eigenvalue weighted by atomic mass is 32.2. The minimum atomic E-state index is -0.196. The molecule has 12 heavy (non-hydrogen) atoms. The topological polar surface area (TPSA) is 54.6 Å². The van der Waals surface area contributed by atoms with Crippen LogP contribution in [0.2, 0.25) is 0 Å². The maximum atomic E-state index is 10.6. The molecular weight excluding hydrogens is 176 g/mol. The fourth-order valence-corrected chi connectivity index (χ4v) is 0.703. The summed E-state index contributed by atoms with van der Waals surface area (Å²) in [6.45, 7) is 0. The van der Waals surface area contributed by atoms with Crippen molar-refractivity contribution in [1.82, 2.24) is 5.43 Å². The van der Waals surface area contributed by atoms with E-state index < -0.39 is 0 Å². The van der Waals surface area contributed by atoms with E-state index in [1.54, 1.807) is 18.4 Å². The summed E-state index contributed by atoms with van der Waals surface area (Å²) in [6.07, 6.45) is 4.66. The van der Waals surface area contributed by atoms with Gasteiger partial charge >= 0.3 is 0 Å². The van der Waals surface area contributed by atoms with Crippen LogP contribution in [0, 0.1) is 0 Å². The van der Waals surface area contributed by atoms with Crippen LogP contribution in [0.4, 0.5) is 4.79 Å². The van der Waals surface area contributed by atoms with E-state index in [4.69, 9.17) is 4.42 Å². The molecule has 64 valence electrons. The van der Waals surface area contributed by atoms with Gasteiger partial charge in [-0.15, -0.1) is 0 Å². The van der Waals surface area contributed by atoms with E-state index in [2.05, 4.69) is 10.5 Å². The molecule has 0 aliphatic rings. The Morgan fingerprint density at radius 1 is 1.83 bits per heavy atom. The second-order valence-electron chi connectivity index (χ2n) is 1.88. The number of thioether (sulfide) groups is 1. The maximum absolute atomic E-state index is 10.6. The summed E-state index contributed by atoms with van der Waals surface area (Å²) in [5, 5.41) is 3.45. The number of carbonyl (C=O) groups excluding carboxylic acids is 1. The third kappa shape index (κ3) is 2.79. The van der Waals surface area contributed by atoms with Gasteiger partial charge in [0.2, 0.25) is 0 Å². The predicted octanol–water partition coefficient (Wildman–Crippen LogP) is 1.69. The zero-order chi connectivity index (χ0) is 8.81. The van der Waals surface area contributed by atoms with Crippen LogP contribution in [0.1, 0.15) is 5.76 Å². The zero-order valence-corrected chi connectivity index (χ0v) is 7.30. The van der Waals surface area contributed by atoms with Gasteiger partial charge in [-0.1, -0.05) is 11.8 Å². The number of amides is 1. The van der Waals surface area contributed by atoms with Gasteiger partial charge < -0.3 is 4.42 Å². The Balaban J connectivity index is 2.37. The summed E-state index contributed by atoms with van der Waals surface area (Å²) < 4.78 is 4.94. The van der Waals surface area contributed by atoms with E-state index in [0.717, 1.165) is 11.8 Å². The third-order valence-electron chi connectivity index (χ3n) is 1.08. The molecule has 1 rings (SSSR count). The molecule has 0 aliphatic carbocycles. The highest BCUT2D eigenvalue weighted by molar-refractivity contribution is 8.12.